The van der Waals surface area contributed by atoms with Crippen LogP contribution < -0.4 is 0 Å². The Morgan fingerprint density at radius 1 is 0.909 bits per heavy atom. The first-order valence-electron chi connectivity index (χ1n) is 5.07. The van der Waals surface area contributed by atoms with E-state index in [0.29, 0.717) is 0 Å². The van der Waals surface area contributed by atoms with Crippen LogP contribution >= 0.6 is 0 Å². The molecule has 0 unspecified atom stereocenters. The maximum absolute atomic E-state index is 2.34. The van der Waals surface area contributed by atoms with Gasteiger partial charge in [-0.05, 0) is 24.2 Å². The Kier molecular flexibility index (Phi) is 5.62. The summed E-state index contributed by atoms with van der Waals surface area (Å²) >= 11 is 0. The topological polar surface area (TPSA) is 0 Å². The normalized spacial score (nSPS) is 14.5. The highest BCUT2D eigenvalue weighted by Crippen LogP contribution is 2.22. The lowest BCUT2D eigenvalue weighted by Gasteiger charge is -2.19. The van der Waals surface area contributed by atoms with Gasteiger partial charge in [-0.2, -0.15) is 0 Å². The first-order chi connectivity index (χ1) is 5.07. The quantitative estimate of drug-likeness (QED) is 0.562. The van der Waals surface area contributed by atoms with Crippen LogP contribution in [0.3, 0.4) is 0 Å². The molecule has 0 aromatic carbocycles. The zero-order valence-electron chi connectivity index (χ0n) is 8.85. The molecule has 1 atom stereocenters. The first kappa shape index (κ1) is 11.0. The minimum atomic E-state index is 0.874. The Hall–Kier alpha value is 0. The molecule has 0 N–H and O–H groups in total. The fourth-order valence-electron chi connectivity index (χ4n) is 1.56. The van der Waals surface area contributed by atoms with Crippen molar-refractivity contribution in [2.45, 2.75) is 53.9 Å². The van der Waals surface area contributed by atoms with Gasteiger partial charge in [-0.25, -0.2) is 0 Å². The summed E-state index contributed by atoms with van der Waals surface area (Å²) in [4.78, 5) is 0. The predicted octanol–water partition coefficient (Wildman–Crippen LogP) is 4.10. The first-order valence-corrected chi connectivity index (χ1v) is 5.07. The van der Waals surface area contributed by atoms with Gasteiger partial charge < -0.3 is 0 Å². The highest BCUT2D eigenvalue weighted by molar-refractivity contribution is 4.62. The lowest BCUT2D eigenvalue weighted by Crippen LogP contribution is -2.08. The molecule has 0 saturated heterocycles. The van der Waals surface area contributed by atoms with E-state index in [4.69, 9.17) is 0 Å². The van der Waals surface area contributed by atoms with Crippen molar-refractivity contribution in [3.63, 3.8) is 0 Å². The van der Waals surface area contributed by atoms with Gasteiger partial charge in [-0.3, -0.25) is 0 Å². The summed E-state index contributed by atoms with van der Waals surface area (Å²) in [6, 6.07) is 0. The zero-order chi connectivity index (χ0) is 8.85. The van der Waals surface area contributed by atoms with Gasteiger partial charge in [0.1, 0.15) is 0 Å². The van der Waals surface area contributed by atoms with Crippen LogP contribution in [-0.4, -0.2) is 0 Å². The van der Waals surface area contributed by atoms with Gasteiger partial charge in [0.25, 0.3) is 0 Å². The molecule has 0 heteroatoms. The third-order valence-electron chi connectivity index (χ3n) is 2.58. The van der Waals surface area contributed by atoms with Gasteiger partial charge in [0.2, 0.25) is 0 Å². The molecule has 0 aliphatic carbocycles. The summed E-state index contributed by atoms with van der Waals surface area (Å²) in [5.74, 6) is 2.71. The number of rotatable bonds is 5. The van der Waals surface area contributed by atoms with Crippen LogP contribution in [0.5, 0.6) is 0 Å². The largest absolute Gasteiger partial charge is 0.0651 e. The minimum absolute atomic E-state index is 0.874. The third-order valence-corrected chi connectivity index (χ3v) is 2.58. The van der Waals surface area contributed by atoms with Gasteiger partial charge >= 0.3 is 0 Å². The molecule has 0 aliphatic heterocycles. The van der Waals surface area contributed by atoms with E-state index >= 15 is 0 Å². The molecule has 0 rings (SSSR count). The van der Waals surface area contributed by atoms with Crippen LogP contribution in [-0.2, 0) is 0 Å². The molecule has 0 radical (unpaired) electrons. The molecule has 0 aromatic heterocycles. The van der Waals surface area contributed by atoms with E-state index in [1.54, 1.807) is 0 Å². The maximum atomic E-state index is 2.34. The summed E-state index contributed by atoms with van der Waals surface area (Å²) in [6.07, 6.45) is 4.17. The second kappa shape index (κ2) is 5.62. The molecular weight excluding hydrogens is 132 g/mol. The van der Waals surface area contributed by atoms with E-state index < -0.39 is 0 Å². The van der Waals surface area contributed by atoms with Gasteiger partial charge in [-0.15, -0.1) is 0 Å². The van der Waals surface area contributed by atoms with Gasteiger partial charge in [-0.1, -0.05) is 47.5 Å². The molecule has 0 aromatic rings. The van der Waals surface area contributed by atoms with Crippen molar-refractivity contribution in [1.82, 2.24) is 0 Å². The Balaban J connectivity index is 3.52. The number of hydrogen-bond donors (Lipinski definition) is 0. The standard InChI is InChI=1S/C11H24/c1-6-11(10(4)5)8-7-9(2)3/h9-11H,6-8H2,1-5H3/t11-/m0/s1. The molecule has 11 heavy (non-hydrogen) atoms. The lowest BCUT2D eigenvalue weighted by atomic mass is 9.87. The summed E-state index contributed by atoms with van der Waals surface area (Å²) in [5, 5.41) is 0. The lowest BCUT2D eigenvalue weighted by molar-refractivity contribution is 0.322. The fraction of sp³-hybridized carbons (Fsp3) is 1.00. The summed E-state index contributed by atoms with van der Waals surface area (Å²) in [6.45, 7) is 11.6. The van der Waals surface area contributed by atoms with Gasteiger partial charge in [0.05, 0.1) is 0 Å². The van der Waals surface area contributed by atoms with E-state index in [1.807, 2.05) is 0 Å². The Morgan fingerprint density at radius 3 is 1.73 bits per heavy atom. The Bertz CT molecular complexity index is 82.0. The summed E-state index contributed by atoms with van der Waals surface area (Å²) in [7, 11) is 0. The monoisotopic (exact) mass is 156 g/mol. The van der Waals surface area contributed by atoms with Crippen LogP contribution in [0.25, 0.3) is 0 Å². The molecule has 0 bridgehead atoms. The van der Waals surface area contributed by atoms with Gasteiger partial charge in [0, 0.05) is 0 Å². The molecule has 0 aliphatic rings. The van der Waals surface area contributed by atoms with E-state index in [0.717, 1.165) is 17.8 Å². The number of hydrogen-bond acceptors (Lipinski definition) is 0. The third kappa shape index (κ3) is 5.29. The van der Waals surface area contributed by atoms with E-state index in [2.05, 4.69) is 34.6 Å². The molecule has 0 amide bonds. The van der Waals surface area contributed by atoms with Gasteiger partial charge in [0.15, 0.2) is 0 Å². The van der Waals surface area contributed by atoms with Crippen molar-refractivity contribution < 1.29 is 0 Å². The molecule has 0 saturated carbocycles. The maximum Gasteiger partial charge on any atom is -0.0394 e. The van der Waals surface area contributed by atoms with Crippen LogP contribution in [0.15, 0.2) is 0 Å². The predicted molar refractivity (Wildman–Crippen MR) is 52.7 cm³/mol. The second-order valence-electron chi connectivity index (χ2n) is 4.38. The molecule has 0 spiro atoms. The SMILES string of the molecule is CC[C@@H](CCC(C)C)C(C)C. The minimum Gasteiger partial charge on any atom is -0.0651 e. The second-order valence-corrected chi connectivity index (χ2v) is 4.38. The Labute approximate surface area is 72.4 Å². The van der Waals surface area contributed by atoms with E-state index in [1.165, 1.54) is 19.3 Å². The van der Waals surface area contributed by atoms with Crippen molar-refractivity contribution in [2.75, 3.05) is 0 Å². The summed E-state index contributed by atoms with van der Waals surface area (Å²) < 4.78 is 0. The van der Waals surface area contributed by atoms with E-state index in [-0.39, 0.29) is 0 Å². The van der Waals surface area contributed by atoms with Crippen molar-refractivity contribution >= 4 is 0 Å². The molecular formula is C11H24. The average molecular weight is 156 g/mol. The van der Waals surface area contributed by atoms with Crippen LogP contribution in [0.1, 0.15) is 53.9 Å². The van der Waals surface area contributed by atoms with E-state index in [9.17, 15) is 0 Å². The smallest absolute Gasteiger partial charge is 0.0394 e. The highest BCUT2D eigenvalue weighted by atomic mass is 14.2. The molecule has 0 nitrogen and oxygen atoms in total. The van der Waals surface area contributed by atoms with Crippen molar-refractivity contribution in [3.8, 4) is 0 Å². The van der Waals surface area contributed by atoms with Crippen LogP contribution in [0, 0.1) is 17.8 Å². The van der Waals surface area contributed by atoms with Crippen LogP contribution in [0.2, 0.25) is 0 Å². The highest BCUT2D eigenvalue weighted by Gasteiger charge is 2.10. The fourth-order valence-corrected chi connectivity index (χ4v) is 1.56. The molecule has 68 valence electrons. The van der Waals surface area contributed by atoms with Crippen molar-refractivity contribution in [3.05, 3.63) is 0 Å². The molecule has 0 fully saturated rings. The Morgan fingerprint density at radius 2 is 1.45 bits per heavy atom. The van der Waals surface area contributed by atoms with Crippen molar-refractivity contribution in [2.24, 2.45) is 17.8 Å². The van der Waals surface area contributed by atoms with Crippen LogP contribution in [0.4, 0.5) is 0 Å². The summed E-state index contributed by atoms with van der Waals surface area (Å²) in [5.41, 5.74) is 0. The average Bonchev–Trinajstić information content (AvgIpc) is 1.87. The molecule has 0 heterocycles. The zero-order valence-corrected chi connectivity index (χ0v) is 8.85. The van der Waals surface area contributed by atoms with Crippen molar-refractivity contribution in [1.29, 1.82) is 0 Å².